The summed E-state index contributed by atoms with van der Waals surface area (Å²) >= 11 is 5.79. The zero-order chi connectivity index (χ0) is 20.6. The number of nitrogens with one attached hydrogen (secondary N) is 2. The van der Waals surface area contributed by atoms with Crippen molar-refractivity contribution in [3.63, 3.8) is 0 Å². The van der Waals surface area contributed by atoms with Crippen molar-refractivity contribution in [3.05, 3.63) is 71.4 Å². The average molecular weight is 428 g/mol. The number of sulfonamides is 1. The Morgan fingerprint density at radius 3 is 2.48 bits per heavy atom. The maximum Gasteiger partial charge on any atom is 0.263 e. The van der Waals surface area contributed by atoms with Crippen LogP contribution >= 0.6 is 11.6 Å². The van der Waals surface area contributed by atoms with Gasteiger partial charge in [-0.25, -0.2) is 18.4 Å². The molecule has 4 aromatic rings. The van der Waals surface area contributed by atoms with Gasteiger partial charge in [0.2, 0.25) is 5.91 Å². The number of rotatable bonds is 5. The largest absolute Gasteiger partial charge is 0.366 e. The van der Waals surface area contributed by atoms with Gasteiger partial charge in [-0.3, -0.25) is 9.52 Å². The highest BCUT2D eigenvalue weighted by atomic mass is 35.5. The Kier molecular flexibility index (Phi) is 4.69. The second-order valence-electron chi connectivity index (χ2n) is 6.17. The predicted molar refractivity (Wildman–Crippen MR) is 110 cm³/mol. The first kappa shape index (κ1) is 18.9. The highest BCUT2D eigenvalue weighted by Crippen LogP contribution is 2.23. The standard InChI is InChI=1S/C19H14ClN5O3S/c20-13-3-5-14(6-4-13)29(27,28)25-17-8-2-12(10-22-17)19-23-15-7-1-11(18(21)26)9-16(15)24-19/h1-10H,(H2,21,26)(H,22,25)(H,23,24). The molecule has 0 unspecified atom stereocenters. The molecule has 8 nitrogen and oxygen atoms in total. The van der Waals surface area contributed by atoms with E-state index in [0.717, 1.165) is 0 Å². The van der Waals surface area contributed by atoms with E-state index in [1.165, 1.54) is 36.5 Å². The van der Waals surface area contributed by atoms with Gasteiger partial charge in [0.1, 0.15) is 11.6 Å². The number of benzene rings is 2. The van der Waals surface area contributed by atoms with Gasteiger partial charge in [0.15, 0.2) is 0 Å². The lowest BCUT2D eigenvalue weighted by Crippen LogP contribution is -2.13. The molecule has 2 aromatic heterocycles. The summed E-state index contributed by atoms with van der Waals surface area (Å²) in [5.74, 6) is 0.166. The van der Waals surface area contributed by atoms with Crippen LogP contribution in [0.1, 0.15) is 10.4 Å². The van der Waals surface area contributed by atoms with E-state index in [1.807, 2.05) is 0 Å². The number of imidazole rings is 1. The maximum absolute atomic E-state index is 12.4. The molecule has 0 aliphatic rings. The second kappa shape index (κ2) is 7.19. The molecular weight excluding hydrogens is 414 g/mol. The number of pyridine rings is 1. The molecule has 10 heteroatoms. The summed E-state index contributed by atoms with van der Waals surface area (Å²) in [4.78, 5) is 23.1. The van der Waals surface area contributed by atoms with E-state index >= 15 is 0 Å². The summed E-state index contributed by atoms with van der Waals surface area (Å²) in [6.45, 7) is 0. The zero-order valence-corrected chi connectivity index (χ0v) is 16.3. The Morgan fingerprint density at radius 1 is 1.07 bits per heavy atom. The Labute approximate surface area is 170 Å². The molecule has 2 heterocycles. The lowest BCUT2D eigenvalue weighted by Gasteiger charge is -2.07. The smallest absolute Gasteiger partial charge is 0.263 e. The fraction of sp³-hybridized carbons (Fsp3) is 0. The molecule has 146 valence electrons. The Morgan fingerprint density at radius 2 is 1.83 bits per heavy atom. The van der Waals surface area contributed by atoms with Crippen molar-refractivity contribution in [1.29, 1.82) is 0 Å². The molecule has 0 radical (unpaired) electrons. The molecule has 0 aliphatic carbocycles. The minimum Gasteiger partial charge on any atom is -0.366 e. The van der Waals surface area contributed by atoms with Crippen molar-refractivity contribution in [2.24, 2.45) is 5.73 Å². The molecule has 2 aromatic carbocycles. The topological polar surface area (TPSA) is 131 Å². The van der Waals surface area contributed by atoms with Crippen LogP contribution in [0.15, 0.2) is 65.7 Å². The van der Waals surface area contributed by atoms with Crippen molar-refractivity contribution in [2.75, 3.05) is 4.72 Å². The highest BCUT2D eigenvalue weighted by Gasteiger charge is 2.15. The van der Waals surface area contributed by atoms with Gasteiger partial charge in [-0.2, -0.15) is 0 Å². The van der Waals surface area contributed by atoms with Gasteiger partial charge in [-0.15, -0.1) is 0 Å². The summed E-state index contributed by atoms with van der Waals surface area (Å²) in [5.41, 5.74) is 7.64. The number of aromatic amines is 1. The highest BCUT2D eigenvalue weighted by molar-refractivity contribution is 7.92. The number of hydrogen-bond donors (Lipinski definition) is 3. The number of carbonyl (C=O) groups excluding carboxylic acids is 1. The molecule has 0 bridgehead atoms. The Bertz CT molecular complexity index is 1320. The van der Waals surface area contributed by atoms with Crippen LogP contribution in [0, 0.1) is 0 Å². The van der Waals surface area contributed by atoms with Crippen LogP contribution in [0.4, 0.5) is 5.82 Å². The van der Waals surface area contributed by atoms with Gasteiger partial charge in [-0.05, 0) is 54.6 Å². The second-order valence-corrected chi connectivity index (χ2v) is 8.29. The van der Waals surface area contributed by atoms with E-state index in [-0.39, 0.29) is 10.7 Å². The number of amides is 1. The molecule has 1 amide bonds. The monoisotopic (exact) mass is 427 g/mol. The third kappa shape index (κ3) is 3.91. The molecule has 0 saturated heterocycles. The molecule has 4 rings (SSSR count). The normalized spacial score (nSPS) is 11.5. The summed E-state index contributed by atoms with van der Waals surface area (Å²) in [6.07, 6.45) is 1.49. The summed E-state index contributed by atoms with van der Waals surface area (Å²) < 4.78 is 27.3. The first-order valence-electron chi connectivity index (χ1n) is 8.36. The van der Waals surface area contributed by atoms with Crippen LogP contribution in [0.25, 0.3) is 22.4 Å². The first-order chi connectivity index (χ1) is 13.8. The summed E-state index contributed by atoms with van der Waals surface area (Å²) in [6, 6.07) is 13.9. The molecule has 0 spiro atoms. The SMILES string of the molecule is NC(=O)c1ccc2nc(-c3ccc(NS(=O)(=O)c4ccc(Cl)cc4)nc3)[nH]c2c1. The molecule has 0 aliphatic heterocycles. The fourth-order valence-corrected chi connectivity index (χ4v) is 3.84. The number of fused-ring (bicyclic) bond motifs is 1. The third-order valence-electron chi connectivity index (χ3n) is 4.17. The number of H-pyrrole nitrogens is 1. The minimum absolute atomic E-state index is 0.0790. The molecule has 4 N–H and O–H groups in total. The van der Waals surface area contributed by atoms with Gasteiger partial charge < -0.3 is 10.7 Å². The third-order valence-corrected chi connectivity index (χ3v) is 5.79. The van der Waals surface area contributed by atoms with E-state index in [9.17, 15) is 13.2 Å². The van der Waals surface area contributed by atoms with Crippen LogP contribution in [0.3, 0.4) is 0 Å². The molecular formula is C19H14ClN5O3S. The van der Waals surface area contributed by atoms with E-state index in [4.69, 9.17) is 17.3 Å². The van der Waals surface area contributed by atoms with Crippen LogP contribution in [0.5, 0.6) is 0 Å². The Hall–Kier alpha value is -3.43. The number of carbonyl (C=O) groups is 1. The lowest BCUT2D eigenvalue weighted by atomic mass is 10.2. The van der Waals surface area contributed by atoms with E-state index < -0.39 is 15.9 Å². The molecule has 0 atom stereocenters. The molecule has 0 saturated carbocycles. The number of anilines is 1. The molecule has 29 heavy (non-hydrogen) atoms. The number of nitrogens with two attached hydrogens (primary N) is 1. The van der Waals surface area contributed by atoms with Gasteiger partial charge in [0, 0.05) is 22.3 Å². The molecule has 0 fully saturated rings. The van der Waals surface area contributed by atoms with Gasteiger partial charge in [0.05, 0.1) is 15.9 Å². The van der Waals surface area contributed by atoms with Crippen molar-refractivity contribution in [2.45, 2.75) is 4.90 Å². The summed E-state index contributed by atoms with van der Waals surface area (Å²) in [5, 5.41) is 0.445. The van der Waals surface area contributed by atoms with Gasteiger partial charge >= 0.3 is 0 Å². The van der Waals surface area contributed by atoms with Crippen LogP contribution in [-0.2, 0) is 10.0 Å². The average Bonchev–Trinajstić information content (AvgIpc) is 3.12. The quantitative estimate of drug-likeness (QED) is 0.450. The lowest BCUT2D eigenvalue weighted by molar-refractivity contribution is 0.100. The fourth-order valence-electron chi connectivity index (χ4n) is 2.70. The Balaban J connectivity index is 1.58. The van der Waals surface area contributed by atoms with E-state index in [0.29, 0.717) is 33.0 Å². The number of halogens is 1. The van der Waals surface area contributed by atoms with Crippen molar-refractivity contribution in [1.82, 2.24) is 15.0 Å². The van der Waals surface area contributed by atoms with Crippen LogP contribution < -0.4 is 10.5 Å². The van der Waals surface area contributed by atoms with Crippen LogP contribution in [-0.4, -0.2) is 29.3 Å². The minimum atomic E-state index is -3.78. The number of primary amides is 1. The maximum atomic E-state index is 12.4. The number of aromatic nitrogens is 3. The van der Waals surface area contributed by atoms with Gasteiger partial charge in [0.25, 0.3) is 10.0 Å². The van der Waals surface area contributed by atoms with Crippen molar-refractivity contribution < 1.29 is 13.2 Å². The van der Waals surface area contributed by atoms with Crippen LogP contribution in [0.2, 0.25) is 5.02 Å². The first-order valence-corrected chi connectivity index (χ1v) is 10.2. The number of hydrogen-bond acceptors (Lipinski definition) is 5. The predicted octanol–water partition coefficient (Wildman–Crippen LogP) is 3.18. The van der Waals surface area contributed by atoms with E-state index in [1.54, 1.807) is 24.3 Å². The van der Waals surface area contributed by atoms with Gasteiger partial charge in [-0.1, -0.05) is 11.6 Å². The van der Waals surface area contributed by atoms with Crippen molar-refractivity contribution in [3.8, 4) is 11.4 Å². The van der Waals surface area contributed by atoms with E-state index in [2.05, 4.69) is 19.7 Å². The number of nitrogens with zero attached hydrogens (tertiary/aromatic N) is 2. The zero-order valence-electron chi connectivity index (χ0n) is 14.8. The van der Waals surface area contributed by atoms with Crippen molar-refractivity contribution >= 4 is 44.4 Å². The summed E-state index contributed by atoms with van der Waals surface area (Å²) in [7, 11) is -3.78.